The Bertz CT molecular complexity index is 501. The van der Waals surface area contributed by atoms with Crippen LogP contribution in [-0.4, -0.2) is 17.2 Å². The summed E-state index contributed by atoms with van der Waals surface area (Å²) in [5, 5.41) is 2.74. The molecule has 0 radical (unpaired) electrons. The first-order chi connectivity index (χ1) is 8.38. The van der Waals surface area contributed by atoms with E-state index < -0.39 is 5.54 Å². The van der Waals surface area contributed by atoms with Gasteiger partial charge in [-0.2, -0.15) is 0 Å². The number of benzene rings is 1. The predicted molar refractivity (Wildman–Crippen MR) is 70.6 cm³/mol. The fourth-order valence-corrected chi connectivity index (χ4v) is 2.00. The quantitative estimate of drug-likeness (QED) is 0.837. The van der Waals surface area contributed by atoms with E-state index >= 15 is 0 Å². The third-order valence-electron chi connectivity index (χ3n) is 3.10. The summed E-state index contributed by atoms with van der Waals surface area (Å²) in [7, 11) is 0. The van der Waals surface area contributed by atoms with E-state index in [2.05, 4.69) is 5.32 Å². The molecule has 1 aliphatic rings. The van der Waals surface area contributed by atoms with Crippen molar-refractivity contribution in [2.75, 3.05) is 5.32 Å². The van der Waals surface area contributed by atoms with Crippen molar-refractivity contribution in [2.24, 2.45) is 5.73 Å². The van der Waals surface area contributed by atoms with Crippen molar-refractivity contribution in [3.63, 3.8) is 0 Å². The average Bonchev–Trinajstić information content (AvgIpc) is 2.29. The van der Waals surface area contributed by atoms with Crippen LogP contribution in [0.1, 0.15) is 42.6 Å². The van der Waals surface area contributed by atoms with Crippen molar-refractivity contribution in [1.29, 1.82) is 0 Å². The highest BCUT2D eigenvalue weighted by Crippen LogP contribution is 2.24. The molecular formula is C14H18N2O2. The molecule has 0 aromatic heterocycles. The molecule has 1 aliphatic carbocycles. The van der Waals surface area contributed by atoms with Crippen LogP contribution in [0, 0.1) is 0 Å². The highest BCUT2D eigenvalue weighted by molar-refractivity contribution is 6.01. The van der Waals surface area contributed by atoms with E-state index in [1.807, 2.05) is 12.1 Å². The summed E-state index contributed by atoms with van der Waals surface area (Å²) in [5.74, 6) is -0.106. The molecule has 0 heterocycles. The van der Waals surface area contributed by atoms with Crippen molar-refractivity contribution < 1.29 is 9.59 Å². The first-order valence-corrected chi connectivity index (χ1v) is 6.14. The molecule has 0 bridgehead atoms. The van der Waals surface area contributed by atoms with Gasteiger partial charge in [-0.1, -0.05) is 6.07 Å². The summed E-state index contributed by atoms with van der Waals surface area (Å²) >= 11 is 0. The van der Waals surface area contributed by atoms with Crippen LogP contribution in [-0.2, 0) is 11.2 Å². The van der Waals surface area contributed by atoms with Gasteiger partial charge in [0.25, 0.3) is 0 Å². The maximum Gasteiger partial charge on any atom is 0.243 e. The number of nitrogens with two attached hydrogens (primary N) is 1. The highest BCUT2D eigenvalue weighted by atomic mass is 16.2. The Hall–Kier alpha value is -1.68. The van der Waals surface area contributed by atoms with Gasteiger partial charge < -0.3 is 11.1 Å². The van der Waals surface area contributed by atoms with Crippen LogP contribution in [0.4, 0.5) is 5.69 Å². The van der Waals surface area contributed by atoms with Gasteiger partial charge >= 0.3 is 0 Å². The largest absolute Gasteiger partial charge is 0.324 e. The summed E-state index contributed by atoms with van der Waals surface area (Å²) in [5.41, 5.74) is 7.21. The van der Waals surface area contributed by atoms with Gasteiger partial charge in [-0.05, 0) is 44.4 Å². The zero-order chi connectivity index (χ0) is 13.3. The lowest BCUT2D eigenvalue weighted by Gasteiger charge is -2.20. The fraction of sp³-hybridized carbons (Fsp3) is 0.429. The third kappa shape index (κ3) is 2.59. The Morgan fingerprint density at radius 3 is 2.72 bits per heavy atom. The minimum atomic E-state index is -0.931. The van der Waals surface area contributed by atoms with Crippen LogP contribution in [0.5, 0.6) is 0 Å². The van der Waals surface area contributed by atoms with Gasteiger partial charge in [0, 0.05) is 17.7 Å². The molecular weight excluding hydrogens is 228 g/mol. The minimum Gasteiger partial charge on any atom is -0.324 e. The number of carbonyl (C=O) groups is 2. The number of Topliss-reactive ketones (excluding diaryl/α,β-unsaturated/α-hetero) is 1. The summed E-state index contributed by atoms with van der Waals surface area (Å²) in [6, 6.07) is 5.48. The van der Waals surface area contributed by atoms with Crippen molar-refractivity contribution in [1.82, 2.24) is 0 Å². The average molecular weight is 246 g/mol. The molecule has 18 heavy (non-hydrogen) atoms. The van der Waals surface area contributed by atoms with Crippen molar-refractivity contribution in [3.05, 3.63) is 29.3 Å². The van der Waals surface area contributed by atoms with Crippen molar-refractivity contribution in [2.45, 2.75) is 38.6 Å². The van der Waals surface area contributed by atoms with E-state index in [0.29, 0.717) is 12.1 Å². The molecule has 3 N–H and O–H groups in total. The molecule has 0 fully saturated rings. The molecule has 0 saturated carbocycles. The normalized spacial score (nSPS) is 15.2. The summed E-state index contributed by atoms with van der Waals surface area (Å²) in [6.45, 7) is 3.29. The van der Waals surface area contributed by atoms with Gasteiger partial charge in [0.2, 0.25) is 5.91 Å². The number of rotatable bonds is 2. The van der Waals surface area contributed by atoms with Gasteiger partial charge in [0.15, 0.2) is 5.78 Å². The lowest BCUT2D eigenvalue weighted by Crippen LogP contribution is -2.45. The van der Waals surface area contributed by atoms with Crippen LogP contribution in [0.15, 0.2) is 18.2 Å². The number of hydrogen-bond acceptors (Lipinski definition) is 3. The molecule has 1 amide bonds. The molecule has 0 unspecified atom stereocenters. The van der Waals surface area contributed by atoms with E-state index in [0.717, 1.165) is 24.0 Å². The van der Waals surface area contributed by atoms with Gasteiger partial charge in [0.05, 0.1) is 5.54 Å². The zero-order valence-electron chi connectivity index (χ0n) is 10.7. The van der Waals surface area contributed by atoms with Crippen LogP contribution in [0.25, 0.3) is 0 Å². The van der Waals surface area contributed by atoms with E-state index in [4.69, 9.17) is 5.73 Å². The second-order valence-corrected chi connectivity index (χ2v) is 5.32. The lowest BCUT2D eigenvalue weighted by atomic mass is 9.90. The van der Waals surface area contributed by atoms with Gasteiger partial charge in [-0.3, -0.25) is 9.59 Å². The molecule has 1 aromatic carbocycles. The summed E-state index contributed by atoms with van der Waals surface area (Å²) in [4.78, 5) is 23.5. The molecule has 2 rings (SSSR count). The van der Waals surface area contributed by atoms with E-state index in [9.17, 15) is 9.59 Å². The zero-order valence-corrected chi connectivity index (χ0v) is 10.7. The maximum atomic E-state index is 11.8. The SMILES string of the molecule is CC(C)(N)C(=O)Nc1ccc2c(c1)C(=O)CCC2. The lowest BCUT2D eigenvalue weighted by molar-refractivity contribution is -0.120. The van der Waals surface area contributed by atoms with Crippen LogP contribution in [0.2, 0.25) is 0 Å². The van der Waals surface area contributed by atoms with Crippen LogP contribution in [0.3, 0.4) is 0 Å². The third-order valence-corrected chi connectivity index (χ3v) is 3.10. The number of hydrogen-bond donors (Lipinski definition) is 2. The second kappa shape index (κ2) is 4.53. The first kappa shape index (κ1) is 12.8. The smallest absolute Gasteiger partial charge is 0.243 e. The Kier molecular flexibility index (Phi) is 3.22. The fourth-order valence-electron chi connectivity index (χ4n) is 2.00. The Morgan fingerprint density at radius 1 is 1.33 bits per heavy atom. The molecule has 4 heteroatoms. The molecule has 0 saturated heterocycles. The topological polar surface area (TPSA) is 72.2 Å². The van der Waals surface area contributed by atoms with Gasteiger partial charge in [-0.25, -0.2) is 0 Å². The number of amides is 1. The molecule has 0 atom stereocenters. The molecule has 96 valence electrons. The Balaban J connectivity index is 2.24. The number of nitrogens with one attached hydrogen (secondary N) is 1. The monoisotopic (exact) mass is 246 g/mol. The number of anilines is 1. The van der Waals surface area contributed by atoms with Gasteiger partial charge in [-0.15, -0.1) is 0 Å². The standard InChI is InChI=1S/C14H18N2O2/c1-14(2,15)13(18)16-10-7-6-9-4-3-5-12(17)11(9)8-10/h6-8H,3-5,15H2,1-2H3,(H,16,18). The van der Waals surface area contributed by atoms with E-state index in [-0.39, 0.29) is 11.7 Å². The van der Waals surface area contributed by atoms with Crippen molar-refractivity contribution in [3.8, 4) is 0 Å². The molecule has 0 aliphatic heterocycles. The molecule has 0 spiro atoms. The van der Waals surface area contributed by atoms with Crippen LogP contribution < -0.4 is 11.1 Å². The van der Waals surface area contributed by atoms with Crippen molar-refractivity contribution >= 4 is 17.4 Å². The Morgan fingerprint density at radius 2 is 2.06 bits per heavy atom. The van der Waals surface area contributed by atoms with Gasteiger partial charge in [0.1, 0.15) is 0 Å². The number of carbonyl (C=O) groups excluding carboxylic acids is 2. The van der Waals surface area contributed by atoms with E-state index in [1.54, 1.807) is 19.9 Å². The molecule has 4 nitrogen and oxygen atoms in total. The number of ketones is 1. The predicted octanol–water partition coefficient (Wildman–Crippen LogP) is 1.88. The maximum absolute atomic E-state index is 11.8. The van der Waals surface area contributed by atoms with Crippen LogP contribution >= 0.6 is 0 Å². The van der Waals surface area contributed by atoms with E-state index in [1.165, 1.54) is 0 Å². The minimum absolute atomic E-state index is 0.152. The summed E-state index contributed by atoms with van der Waals surface area (Å²) in [6.07, 6.45) is 2.43. The second-order valence-electron chi connectivity index (χ2n) is 5.32. The number of aryl methyl sites for hydroxylation is 1. The highest BCUT2D eigenvalue weighted by Gasteiger charge is 2.23. The summed E-state index contributed by atoms with van der Waals surface area (Å²) < 4.78 is 0. The first-order valence-electron chi connectivity index (χ1n) is 6.14. The molecule has 1 aromatic rings. The number of fused-ring (bicyclic) bond motifs is 1. The Labute approximate surface area is 107 Å².